The summed E-state index contributed by atoms with van der Waals surface area (Å²) in [6, 6.07) is 3.26. The molecule has 0 spiro atoms. The van der Waals surface area contributed by atoms with Crippen molar-refractivity contribution in [2.24, 2.45) is 0 Å². The van der Waals surface area contributed by atoms with Crippen molar-refractivity contribution in [3.8, 4) is 130 Å². The molecule has 0 saturated heterocycles. The third kappa shape index (κ3) is 17.9. The first-order valence-electron chi connectivity index (χ1n) is 17.0. The lowest BCUT2D eigenvalue weighted by molar-refractivity contribution is -0.906. The van der Waals surface area contributed by atoms with Gasteiger partial charge in [-0.1, -0.05) is 27.7 Å². The molecule has 298 valence electrons. The van der Waals surface area contributed by atoms with Gasteiger partial charge in [-0.15, -0.1) is 24.7 Å². The smallest absolute Gasteiger partial charge is 0.420 e. The molecule has 4 aromatic heterocycles. The van der Waals surface area contributed by atoms with Crippen LogP contribution in [0.3, 0.4) is 0 Å². The van der Waals surface area contributed by atoms with Gasteiger partial charge in [-0.05, 0) is 96.7 Å². The maximum Gasteiger partial charge on any atom is 0.420 e. The summed E-state index contributed by atoms with van der Waals surface area (Å²) in [5, 5.41) is 9.79. The number of pyridine rings is 2. The molecule has 4 heterocycles. The van der Waals surface area contributed by atoms with Gasteiger partial charge in [0.1, 0.15) is 11.5 Å². The number of nitrogens with zero attached hydrogens (tertiary/aromatic N) is 6. The molecule has 9 N–H and O–H groups in total. The molecule has 0 fully saturated rings. The predicted octanol–water partition coefficient (Wildman–Crippen LogP) is 4.35. The summed E-state index contributed by atoms with van der Waals surface area (Å²) in [7, 11) is 2.99. The summed E-state index contributed by atoms with van der Waals surface area (Å²) >= 11 is 0. The fourth-order valence-electron chi connectivity index (χ4n) is 3.77. The van der Waals surface area contributed by atoms with E-state index < -0.39 is 0 Å². The highest BCUT2D eigenvalue weighted by molar-refractivity contribution is 5.52. The lowest BCUT2D eigenvalue weighted by Gasteiger charge is -2.14. The van der Waals surface area contributed by atoms with Crippen LogP contribution >= 0.6 is 0 Å². The fraction of sp³-hybridized carbons (Fsp3) is 0.227. The molecule has 15 heteroatoms. The first kappa shape index (κ1) is 48.2. The molecule has 0 unspecified atom stereocenters. The number of rotatable bonds is 8. The SMILES string of the molecule is C#CC#CC#CC#CC#CC#CC#C.CC#CC.COc1cc(Oc2cnc(N)nc2N)c(C(C)C)c[n+]1O.COc1cc(Oc2cnc(N)nc2N)c(C(C)C)cn1. The average Bonchev–Trinajstić information content (AvgIpc) is 3.21. The molecule has 0 bridgehead atoms. The van der Waals surface area contributed by atoms with Crippen molar-refractivity contribution in [1.82, 2.24) is 24.9 Å². The van der Waals surface area contributed by atoms with Crippen LogP contribution < -0.4 is 46.6 Å². The quantitative estimate of drug-likeness (QED) is 0.0950. The average molecular weight is 792 g/mol. The molecule has 0 atom stereocenters. The summed E-state index contributed by atoms with van der Waals surface area (Å²) < 4.78 is 22.6. The van der Waals surface area contributed by atoms with Crippen LogP contribution in [0.1, 0.15) is 64.5 Å². The largest absolute Gasteiger partial charge is 0.481 e. The normalized spacial score (nSPS) is 8.47. The summed E-state index contributed by atoms with van der Waals surface area (Å²) in [5.41, 5.74) is 24.1. The Balaban J connectivity index is 0.000000431. The molecule has 0 aliphatic carbocycles. The van der Waals surface area contributed by atoms with Gasteiger partial charge in [0.2, 0.25) is 24.0 Å². The second kappa shape index (κ2) is 26.8. The standard InChI is InChI=1S/C14H2.C13H18N5O3.C13H17N5O2.C4H6/c1-3-5-7-9-11-13-14-12-10-8-6-4-2;1-7(2)8-6-18(19)11(20-3)4-9(8)21-10-5-16-13(15)17-12(10)14;1-7(2)8-5-16-11(19-3)4-9(8)20-10-6-17-13(15)18-12(10)14;1-3-4-2/h1-2H;4-7,19H,1-3H3,(H4,14,15,16,17);4-7H,1-3H3,(H4,14,15,17,18);1-2H3/q;+1;;. The van der Waals surface area contributed by atoms with Crippen LogP contribution in [-0.4, -0.2) is 44.3 Å². The molecule has 59 heavy (non-hydrogen) atoms. The summed E-state index contributed by atoms with van der Waals surface area (Å²) in [5.74, 6) is 36.9. The van der Waals surface area contributed by atoms with Gasteiger partial charge < -0.3 is 41.9 Å². The number of aromatic nitrogens is 6. The number of terminal acetylenes is 2. The highest BCUT2D eigenvalue weighted by atomic mass is 16.5. The molecule has 0 radical (unpaired) electrons. The number of nitrogen functional groups attached to an aromatic ring is 4. The van der Waals surface area contributed by atoms with Gasteiger partial charge in [0.25, 0.3) is 0 Å². The van der Waals surface area contributed by atoms with Crippen LogP contribution in [0.15, 0.2) is 36.9 Å². The molecular weight excluding hydrogens is 749 g/mol. The Kier molecular flexibility index (Phi) is 21.9. The topological polar surface area (TPSA) is 230 Å². The van der Waals surface area contributed by atoms with Gasteiger partial charge in [0.15, 0.2) is 23.1 Å². The Morgan fingerprint density at radius 3 is 1.37 bits per heavy atom. The number of hydrogen-bond acceptors (Lipinski definition) is 14. The van der Waals surface area contributed by atoms with Crippen LogP contribution in [0, 0.1) is 95.7 Å². The van der Waals surface area contributed by atoms with Crippen LogP contribution in [0.4, 0.5) is 23.5 Å². The third-order valence-electron chi connectivity index (χ3n) is 6.56. The molecule has 4 rings (SSSR count). The Labute approximate surface area is 345 Å². The third-order valence-corrected chi connectivity index (χ3v) is 6.56. The van der Waals surface area contributed by atoms with Gasteiger partial charge in [0.05, 0.1) is 38.2 Å². The molecule has 0 aromatic carbocycles. The second-order valence-corrected chi connectivity index (χ2v) is 11.3. The van der Waals surface area contributed by atoms with Crippen molar-refractivity contribution in [3.05, 3.63) is 48.0 Å². The summed E-state index contributed by atoms with van der Waals surface area (Å²) in [4.78, 5) is 19.6. The van der Waals surface area contributed by atoms with E-state index in [0.29, 0.717) is 23.1 Å². The van der Waals surface area contributed by atoms with Crippen LogP contribution in [0.25, 0.3) is 0 Å². The molecule has 15 nitrogen and oxygen atoms in total. The van der Waals surface area contributed by atoms with Gasteiger partial charge in [-0.2, -0.15) is 9.97 Å². The highest BCUT2D eigenvalue weighted by Gasteiger charge is 2.22. The van der Waals surface area contributed by atoms with E-state index in [2.05, 4.69) is 108 Å². The van der Waals surface area contributed by atoms with Gasteiger partial charge in [-0.3, -0.25) is 5.21 Å². The van der Waals surface area contributed by atoms with Crippen LogP contribution in [0.2, 0.25) is 0 Å². The maximum atomic E-state index is 9.79. The summed E-state index contributed by atoms with van der Waals surface area (Å²) in [6.07, 6.45) is 15.8. The van der Waals surface area contributed by atoms with Crippen molar-refractivity contribution in [3.63, 3.8) is 0 Å². The minimum absolute atomic E-state index is 0.0720. The number of nitrogens with two attached hydrogens (primary N) is 4. The monoisotopic (exact) mass is 791 g/mol. The second-order valence-electron chi connectivity index (χ2n) is 11.3. The molecule has 0 aliphatic heterocycles. The Bertz CT molecular complexity index is 2480. The van der Waals surface area contributed by atoms with E-state index in [4.69, 9.17) is 54.7 Å². The molecule has 0 saturated carbocycles. The van der Waals surface area contributed by atoms with Crippen molar-refractivity contribution < 1.29 is 28.9 Å². The first-order valence-corrected chi connectivity index (χ1v) is 17.0. The van der Waals surface area contributed by atoms with Crippen molar-refractivity contribution in [2.75, 3.05) is 37.2 Å². The van der Waals surface area contributed by atoms with E-state index in [-0.39, 0.29) is 47.0 Å². The van der Waals surface area contributed by atoms with Crippen LogP contribution in [-0.2, 0) is 0 Å². The molecule has 0 amide bonds. The fourth-order valence-corrected chi connectivity index (χ4v) is 3.77. The summed E-state index contributed by atoms with van der Waals surface area (Å²) in [6.45, 7) is 11.7. The zero-order valence-electron chi connectivity index (χ0n) is 33.8. The van der Waals surface area contributed by atoms with Gasteiger partial charge >= 0.3 is 5.88 Å². The Morgan fingerprint density at radius 2 is 1.02 bits per heavy atom. The van der Waals surface area contributed by atoms with E-state index in [1.807, 2.05) is 41.5 Å². The molecular formula is C44H43N10O5+. The zero-order chi connectivity index (χ0) is 44.2. The van der Waals surface area contributed by atoms with Crippen molar-refractivity contribution >= 4 is 23.5 Å². The van der Waals surface area contributed by atoms with E-state index in [0.717, 1.165) is 15.9 Å². The number of methoxy groups -OCH3 is 2. The van der Waals surface area contributed by atoms with E-state index in [1.54, 1.807) is 25.4 Å². The molecule has 4 aromatic rings. The van der Waals surface area contributed by atoms with Gasteiger partial charge in [0, 0.05) is 22.6 Å². The zero-order valence-corrected chi connectivity index (χ0v) is 33.8. The minimum Gasteiger partial charge on any atom is -0.481 e. The maximum absolute atomic E-state index is 9.79. The van der Waals surface area contributed by atoms with E-state index >= 15 is 0 Å². The first-order chi connectivity index (χ1) is 28.3. The number of hydrogen-bond donors (Lipinski definition) is 5. The van der Waals surface area contributed by atoms with Gasteiger partial charge in [-0.25, -0.2) is 15.0 Å². The minimum atomic E-state index is 0.0720. The van der Waals surface area contributed by atoms with Crippen molar-refractivity contribution in [2.45, 2.75) is 53.4 Å². The number of ether oxygens (including phenoxy) is 4. The Hall–Kier alpha value is -8.86. The number of anilines is 4. The van der Waals surface area contributed by atoms with Crippen molar-refractivity contribution in [1.29, 1.82) is 0 Å². The van der Waals surface area contributed by atoms with E-state index in [9.17, 15) is 5.21 Å². The predicted molar refractivity (Wildman–Crippen MR) is 227 cm³/mol. The van der Waals surface area contributed by atoms with Crippen LogP contribution in [0.5, 0.6) is 34.8 Å². The highest BCUT2D eigenvalue weighted by Crippen LogP contribution is 2.35. The Morgan fingerprint density at radius 1 is 0.593 bits per heavy atom. The lowest BCUT2D eigenvalue weighted by Crippen LogP contribution is -2.32. The lowest BCUT2D eigenvalue weighted by atomic mass is 10.0. The molecule has 0 aliphatic rings. The van der Waals surface area contributed by atoms with E-state index in [1.165, 1.54) is 25.7 Å².